The molecule has 1 aromatic heterocycles. The second kappa shape index (κ2) is 8.06. The monoisotopic (exact) mass is 351 g/mol. The van der Waals surface area contributed by atoms with Crippen LogP contribution in [0.5, 0.6) is 11.5 Å². The number of aryl methyl sites for hydroxylation is 1. The maximum absolute atomic E-state index is 12.3. The van der Waals surface area contributed by atoms with Crippen LogP contribution in [0.2, 0.25) is 5.02 Å². The largest absolute Gasteiger partial charge is 0.490 e. The van der Waals surface area contributed by atoms with E-state index in [1.54, 1.807) is 11.7 Å². The number of aromatic nitrogens is 2. The van der Waals surface area contributed by atoms with Crippen molar-refractivity contribution >= 4 is 17.5 Å². The molecular weight excluding hydrogens is 330 g/mol. The molecule has 6 nitrogen and oxygen atoms in total. The van der Waals surface area contributed by atoms with E-state index in [-0.39, 0.29) is 11.6 Å². The van der Waals surface area contributed by atoms with E-state index in [1.165, 1.54) is 0 Å². The summed E-state index contributed by atoms with van der Waals surface area (Å²) in [4.78, 5) is 12.3. The maximum Gasteiger partial charge on any atom is 0.273 e. The molecule has 0 fully saturated rings. The first kappa shape index (κ1) is 18.1. The van der Waals surface area contributed by atoms with Crippen molar-refractivity contribution in [2.45, 2.75) is 27.3 Å². The van der Waals surface area contributed by atoms with E-state index in [2.05, 4.69) is 10.4 Å². The smallest absolute Gasteiger partial charge is 0.273 e. The summed E-state index contributed by atoms with van der Waals surface area (Å²) in [7, 11) is 1.75. The zero-order chi connectivity index (χ0) is 17.7. The third kappa shape index (κ3) is 4.00. The van der Waals surface area contributed by atoms with Gasteiger partial charge in [0.2, 0.25) is 0 Å². The van der Waals surface area contributed by atoms with Gasteiger partial charge in [-0.3, -0.25) is 9.48 Å². The summed E-state index contributed by atoms with van der Waals surface area (Å²) in [6.07, 6.45) is 0. The summed E-state index contributed by atoms with van der Waals surface area (Å²) in [6, 6.07) is 5.59. The van der Waals surface area contributed by atoms with E-state index in [9.17, 15) is 4.79 Å². The van der Waals surface area contributed by atoms with Gasteiger partial charge in [0.15, 0.2) is 17.2 Å². The first-order valence-corrected chi connectivity index (χ1v) is 8.21. The number of rotatable bonds is 7. The van der Waals surface area contributed by atoms with Crippen molar-refractivity contribution in [3.8, 4) is 11.5 Å². The molecule has 130 valence electrons. The highest BCUT2D eigenvalue weighted by atomic mass is 35.5. The van der Waals surface area contributed by atoms with Crippen LogP contribution in [0.15, 0.2) is 18.2 Å². The Labute approximate surface area is 146 Å². The summed E-state index contributed by atoms with van der Waals surface area (Å²) < 4.78 is 12.7. The topological polar surface area (TPSA) is 65.4 Å². The summed E-state index contributed by atoms with van der Waals surface area (Å²) in [5.41, 5.74) is 1.88. The van der Waals surface area contributed by atoms with E-state index in [0.29, 0.717) is 36.3 Å². The number of nitrogens with one attached hydrogen (secondary N) is 1. The lowest BCUT2D eigenvalue weighted by atomic mass is 10.2. The molecule has 0 aliphatic carbocycles. The minimum atomic E-state index is -0.310. The molecule has 0 saturated carbocycles. The summed E-state index contributed by atoms with van der Waals surface area (Å²) in [5, 5.41) is 7.33. The third-order valence-electron chi connectivity index (χ3n) is 3.54. The lowest BCUT2D eigenvalue weighted by Crippen LogP contribution is -2.23. The number of nitrogens with zero attached hydrogens (tertiary/aromatic N) is 2. The number of amides is 1. The predicted molar refractivity (Wildman–Crippen MR) is 92.9 cm³/mol. The SMILES string of the molecule is CCOc1ccc(CNC(=O)c2nn(C)c(C)c2Cl)cc1OCC. The summed E-state index contributed by atoms with van der Waals surface area (Å²) in [6.45, 7) is 7.09. The fourth-order valence-corrected chi connectivity index (χ4v) is 2.44. The van der Waals surface area contributed by atoms with Crippen LogP contribution in [0, 0.1) is 6.92 Å². The van der Waals surface area contributed by atoms with Crippen LogP contribution in [0.3, 0.4) is 0 Å². The van der Waals surface area contributed by atoms with Gasteiger partial charge in [0, 0.05) is 13.6 Å². The number of hydrogen-bond acceptors (Lipinski definition) is 4. The standard InChI is InChI=1S/C17H22ClN3O3/c1-5-23-13-8-7-12(9-14(13)24-6-2)10-19-17(22)16-15(18)11(3)21(4)20-16/h7-9H,5-6,10H2,1-4H3,(H,19,22). The second-order valence-corrected chi connectivity index (χ2v) is 5.58. The predicted octanol–water partition coefficient (Wildman–Crippen LogP) is 3.11. The highest BCUT2D eigenvalue weighted by Gasteiger charge is 2.18. The van der Waals surface area contributed by atoms with Crippen molar-refractivity contribution in [3.05, 3.63) is 40.2 Å². The van der Waals surface area contributed by atoms with Gasteiger partial charge in [-0.1, -0.05) is 17.7 Å². The highest BCUT2D eigenvalue weighted by Crippen LogP contribution is 2.28. The minimum absolute atomic E-state index is 0.229. The summed E-state index contributed by atoms with van der Waals surface area (Å²) in [5.74, 6) is 1.05. The third-order valence-corrected chi connectivity index (χ3v) is 3.99. The van der Waals surface area contributed by atoms with Crippen LogP contribution in [0.25, 0.3) is 0 Å². The molecule has 0 unspecified atom stereocenters. The zero-order valence-electron chi connectivity index (χ0n) is 14.4. The van der Waals surface area contributed by atoms with Gasteiger partial charge in [-0.15, -0.1) is 0 Å². The molecule has 2 rings (SSSR count). The van der Waals surface area contributed by atoms with Crippen molar-refractivity contribution in [3.63, 3.8) is 0 Å². The van der Waals surface area contributed by atoms with Crippen LogP contribution in [-0.2, 0) is 13.6 Å². The molecular formula is C17H22ClN3O3. The molecule has 7 heteroatoms. The molecule has 2 aromatic rings. The molecule has 0 aliphatic rings. The first-order valence-electron chi connectivity index (χ1n) is 7.83. The molecule has 0 spiro atoms. The summed E-state index contributed by atoms with van der Waals surface area (Å²) >= 11 is 6.13. The lowest BCUT2D eigenvalue weighted by Gasteiger charge is -2.12. The Morgan fingerprint density at radius 3 is 2.50 bits per heavy atom. The molecule has 0 aliphatic heterocycles. The number of hydrogen-bond donors (Lipinski definition) is 1. The Morgan fingerprint density at radius 1 is 1.25 bits per heavy atom. The van der Waals surface area contributed by atoms with Gasteiger partial charge in [0.25, 0.3) is 5.91 Å². The quantitative estimate of drug-likeness (QED) is 0.832. The van der Waals surface area contributed by atoms with E-state index in [4.69, 9.17) is 21.1 Å². The molecule has 1 amide bonds. The van der Waals surface area contributed by atoms with Gasteiger partial charge in [-0.05, 0) is 38.5 Å². The van der Waals surface area contributed by atoms with Crippen LogP contribution in [0.1, 0.15) is 35.6 Å². The lowest BCUT2D eigenvalue weighted by molar-refractivity contribution is 0.0945. The number of ether oxygens (including phenoxy) is 2. The first-order chi connectivity index (χ1) is 11.5. The second-order valence-electron chi connectivity index (χ2n) is 5.20. The number of benzene rings is 1. The Balaban J connectivity index is 2.09. The van der Waals surface area contributed by atoms with Gasteiger partial charge < -0.3 is 14.8 Å². The zero-order valence-corrected chi connectivity index (χ0v) is 15.1. The van der Waals surface area contributed by atoms with Crippen LogP contribution in [0.4, 0.5) is 0 Å². The molecule has 0 atom stereocenters. The van der Waals surface area contributed by atoms with E-state index in [0.717, 1.165) is 11.3 Å². The Hall–Kier alpha value is -2.21. The number of carbonyl (C=O) groups excluding carboxylic acids is 1. The molecule has 1 heterocycles. The van der Waals surface area contributed by atoms with Crippen molar-refractivity contribution in [2.24, 2.45) is 7.05 Å². The Morgan fingerprint density at radius 2 is 1.92 bits per heavy atom. The number of carbonyl (C=O) groups is 1. The van der Waals surface area contributed by atoms with Crippen LogP contribution < -0.4 is 14.8 Å². The average molecular weight is 352 g/mol. The fraction of sp³-hybridized carbons (Fsp3) is 0.412. The molecule has 1 N–H and O–H groups in total. The van der Waals surface area contributed by atoms with E-state index < -0.39 is 0 Å². The van der Waals surface area contributed by atoms with Crippen molar-refractivity contribution < 1.29 is 14.3 Å². The molecule has 1 aromatic carbocycles. The van der Waals surface area contributed by atoms with Gasteiger partial charge >= 0.3 is 0 Å². The van der Waals surface area contributed by atoms with Crippen LogP contribution in [-0.4, -0.2) is 28.9 Å². The molecule has 0 radical (unpaired) electrons. The van der Waals surface area contributed by atoms with Crippen molar-refractivity contribution in [1.29, 1.82) is 0 Å². The van der Waals surface area contributed by atoms with E-state index in [1.807, 2.05) is 39.0 Å². The molecule has 0 bridgehead atoms. The fourth-order valence-electron chi connectivity index (χ4n) is 2.20. The van der Waals surface area contributed by atoms with Crippen molar-refractivity contribution in [1.82, 2.24) is 15.1 Å². The Kier molecular flexibility index (Phi) is 6.09. The van der Waals surface area contributed by atoms with Gasteiger partial charge in [0.05, 0.1) is 23.9 Å². The van der Waals surface area contributed by atoms with Gasteiger partial charge in [-0.2, -0.15) is 5.10 Å². The molecule has 0 saturated heterocycles. The van der Waals surface area contributed by atoms with Gasteiger partial charge in [0.1, 0.15) is 0 Å². The Bertz CT molecular complexity index is 728. The average Bonchev–Trinajstić information content (AvgIpc) is 2.82. The van der Waals surface area contributed by atoms with Crippen LogP contribution >= 0.6 is 11.6 Å². The highest BCUT2D eigenvalue weighted by molar-refractivity contribution is 6.34. The normalized spacial score (nSPS) is 10.5. The minimum Gasteiger partial charge on any atom is -0.490 e. The number of halogens is 1. The van der Waals surface area contributed by atoms with Gasteiger partial charge in [-0.25, -0.2) is 0 Å². The maximum atomic E-state index is 12.3. The van der Waals surface area contributed by atoms with E-state index >= 15 is 0 Å². The van der Waals surface area contributed by atoms with Crippen molar-refractivity contribution in [2.75, 3.05) is 13.2 Å². The molecule has 24 heavy (non-hydrogen) atoms.